The Morgan fingerprint density at radius 2 is 1.33 bits per heavy atom. The van der Waals surface area contributed by atoms with Gasteiger partial charge in [-0.15, -0.1) is 0 Å². The maximum absolute atomic E-state index is 13.5. The van der Waals surface area contributed by atoms with E-state index in [4.69, 9.17) is 0 Å². The zero-order valence-corrected chi connectivity index (χ0v) is 20.9. The Balaban J connectivity index is 1.47. The second kappa shape index (κ2) is 9.02. The molecule has 1 aliphatic heterocycles. The molecular formula is C31H37FSi. The first-order valence-corrected chi connectivity index (χ1v) is 15.8. The van der Waals surface area contributed by atoms with Gasteiger partial charge in [-0.1, -0.05) is 113 Å². The highest BCUT2D eigenvalue weighted by Gasteiger charge is 2.61. The molecule has 0 saturated heterocycles. The molecule has 0 radical (unpaired) electrons. The fourth-order valence-corrected chi connectivity index (χ4v) is 16.5. The fraction of sp³-hybridized carbons (Fsp3) is 0.484. The highest BCUT2D eigenvalue weighted by molar-refractivity contribution is 7.00. The number of fused-ring (bicyclic) bond motifs is 3. The average Bonchev–Trinajstić information content (AvgIpc) is 2.87. The van der Waals surface area contributed by atoms with Crippen molar-refractivity contribution in [3.05, 3.63) is 77.6 Å². The van der Waals surface area contributed by atoms with Crippen LogP contribution in [0.25, 0.3) is 10.8 Å². The van der Waals surface area contributed by atoms with E-state index in [9.17, 15) is 4.39 Å². The Hall–Kier alpha value is -1.93. The molecule has 2 aliphatic carbocycles. The van der Waals surface area contributed by atoms with Crippen LogP contribution in [-0.2, 0) is 6.42 Å². The van der Waals surface area contributed by atoms with Gasteiger partial charge in [-0.25, -0.2) is 4.39 Å². The summed E-state index contributed by atoms with van der Waals surface area (Å²) in [7, 11) is -1.69. The molecule has 3 aromatic carbocycles. The Morgan fingerprint density at radius 3 is 2.00 bits per heavy atom. The predicted molar refractivity (Wildman–Crippen MR) is 140 cm³/mol. The normalized spacial score (nSPS) is 23.2. The van der Waals surface area contributed by atoms with E-state index in [1.165, 1.54) is 81.6 Å². The van der Waals surface area contributed by atoms with Crippen LogP contribution in [-0.4, -0.2) is 8.07 Å². The van der Waals surface area contributed by atoms with Gasteiger partial charge in [-0.2, -0.15) is 0 Å². The first kappa shape index (κ1) is 21.6. The van der Waals surface area contributed by atoms with E-state index in [1.807, 2.05) is 17.3 Å². The van der Waals surface area contributed by atoms with Crippen LogP contribution in [0.3, 0.4) is 0 Å². The average molecular weight is 457 g/mol. The van der Waals surface area contributed by atoms with Crippen LogP contribution in [0.15, 0.2) is 60.7 Å². The molecule has 0 aromatic heterocycles. The highest BCUT2D eigenvalue weighted by Crippen LogP contribution is 2.60. The molecule has 0 N–H and O–H groups in total. The third-order valence-corrected chi connectivity index (χ3v) is 16.6. The smallest absolute Gasteiger partial charge is 0.123 e. The van der Waals surface area contributed by atoms with Crippen LogP contribution < -0.4 is 5.19 Å². The van der Waals surface area contributed by atoms with Crippen LogP contribution in [0.5, 0.6) is 0 Å². The fourth-order valence-electron chi connectivity index (χ4n) is 8.24. The van der Waals surface area contributed by atoms with Gasteiger partial charge < -0.3 is 0 Å². The number of aryl methyl sites for hydroxylation is 1. The van der Waals surface area contributed by atoms with E-state index >= 15 is 0 Å². The van der Waals surface area contributed by atoms with Crippen LogP contribution in [0.1, 0.15) is 87.3 Å². The van der Waals surface area contributed by atoms with Gasteiger partial charge in [0.25, 0.3) is 0 Å². The summed E-state index contributed by atoms with van der Waals surface area (Å²) in [4.78, 5) is 0. The SMILES string of the molecule is Fc1ccc(CCC2c3ccc4ccccc4c3[Si]2(C2CCCCC2)C2CCCCC2)cc1. The number of rotatable bonds is 5. The topological polar surface area (TPSA) is 0 Å². The largest absolute Gasteiger partial charge is 0.207 e. The van der Waals surface area contributed by atoms with Gasteiger partial charge in [0, 0.05) is 0 Å². The molecule has 0 nitrogen and oxygen atoms in total. The van der Waals surface area contributed by atoms with Crippen LogP contribution >= 0.6 is 0 Å². The first-order chi connectivity index (χ1) is 16.3. The molecule has 3 aromatic rings. The van der Waals surface area contributed by atoms with Gasteiger partial charge in [-0.05, 0) is 68.7 Å². The number of halogens is 1. The third-order valence-electron chi connectivity index (χ3n) is 9.54. The monoisotopic (exact) mass is 456 g/mol. The molecule has 0 bridgehead atoms. The predicted octanol–water partition coefficient (Wildman–Crippen LogP) is 8.57. The van der Waals surface area contributed by atoms with Crippen molar-refractivity contribution >= 4 is 24.0 Å². The summed E-state index contributed by atoms with van der Waals surface area (Å²) < 4.78 is 13.5. The summed E-state index contributed by atoms with van der Waals surface area (Å²) in [5.41, 5.74) is 5.71. The quantitative estimate of drug-likeness (QED) is 0.337. The maximum Gasteiger partial charge on any atom is 0.123 e. The van der Waals surface area contributed by atoms with Crippen molar-refractivity contribution in [1.82, 2.24) is 0 Å². The molecule has 6 rings (SSSR count). The van der Waals surface area contributed by atoms with Gasteiger partial charge in [-0.3, -0.25) is 0 Å². The zero-order valence-electron chi connectivity index (χ0n) is 19.9. The lowest BCUT2D eigenvalue weighted by atomic mass is 9.97. The van der Waals surface area contributed by atoms with Gasteiger partial charge in [0.05, 0.1) is 0 Å². The van der Waals surface area contributed by atoms with Gasteiger partial charge in [0.15, 0.2) is 0 Å². The summed E-state index contributed by atoms with van der Waals surface area (Å²) >= 11 is 0. The Kier molecular flexibility index (Phi) is 5.90. The van der Waals surface area contributed by atoms with Gasteiger partial charge in [0.2, 0.25) is 0 Å². The van der Waals surface area contributed by atoms with E-state index in [2.05, 4.69) is 36.4 Å². The minimum atomic E-state index is -1.69. The van der Waals surface area contributed by atoms with Crippen molar-refractivity contribution in [1.29, 1.82) is 0 Å². The molecule has 2 fully saturated rings. The van der Waals surface area contributed by atoms with E-state index in [-0.39, 0.29) is 5.82 Å². The molecule has 1 unspecified atom stereocenters. The molecule has 0 amide bonds. The summed E-state index contributed by atoms with van der Waals surface area (Å²) in [5.74, 6) is -0.118. The standard InChI is InChI=1S/C31H37FSi/c32-25-19-15-23(16-20-25)17-22-30-29-21-18-24-9-7-8-14-28(24)31(29)33(30,26-10-3-1-4-11-26)27-12-5-2-6-13-27/h7-9,14-16,18-21,26-27,30H,1-6,10-13,17,22H2. The first-order valence-electron chi connectivity index (χ1n) is 13.5. The second-order valence-corrected chi connectivity index (χ2v) is 15.8. The third kappa shape index (κ3) is 3.60. The zero-order chi connectivity index (χ0) is 22.3. The van der Waals surface area contributed by atoms with Crippen molar-refractivity contribution in [2.45, 2.75) is 93.7 Å². The van der Waals surface area contributed by atoms with Gasteiger partial charge >= 0.3 is 0 Å². The summed E-state index contributed by atoms with van der Waals surface area (Å²) in [6.45, 7) is 0. The molecule has 0 spiro atoms. The lowest BCUT2D eigenvalue weighted by molar-refractivity contribution is 0.441. The lowest BCUT2D eigenvalue weighted by Crippen LogP contribution is -2.70. The summed E-state index contributed by atoms with van der Waals surface area (Å²) in [6.07, 6.45) is 16.9. The Bertz CT molecular complexity index is 1090. The molecule has 3 aliphatic rings. The van der Waals surface area contributed by atoms with Crippen LogP contribution in [0.2, 0.25) is 11.1 Å². The van der Waals surface area contributed by atoms with Crippen LogP contribution in [0, 0.1) is 5.82 Å². The van der Waals surface area contributed by atoms with E-state index in [0.29, 0.717) is 0 Å². The van der Waals surface area contributed by atoms with Crippen LogP contribution in [0.4, 0.5) is 4.39 Å². The molecule has 172 valence electrons. The Morgan fingerprint density at radius 1 is 0.697 bits per heavy atom. The molecule has 1 atom stereocenters. The summed E-state index contributed by atoms with van der Waals surface area (Å²) in [5, 5.41) is 4.93. The van der Waals surface area contributed by atoms with Crippen molar-refractivity contribution in [2.24, 2.45) is 0 Å². The van der Waals surface area contributed by atoms with E-state index in [1.54, 1.807) is 23.1 Å². The molecular weight excluding hydrogens is 419 g/mol. The molecule has 2 saturated carbocycles. The van der Waals surface area contributed by atoms with Crippen molar-refractivity contribution in [3.63, 3.8) is 0 Å². The Labute approximate surface area is 199 Å². The maximum atomic E-state index is 13.5. The second-order valence-electron chi connectivity index (χ2n) is 11.1. The summed E-state index contributed by atoms with van der Waals surface area (Å²) in [6, 6.07) is 21.5. The number of hydrogen-bond donors (Lipinski definition) is 0. The lowest BCUT2D eigenvalue weighted by Gasteiger charge is -2.60. The van der Waals surface area contributed by atoms with Crippen molar-refractivity contribution in [2.75, 3.05) is 0 Å². The number of hydrogen-bond acceptors (Lipinski definition) is 0. The van der Waals surface area contributed by atoms with E-state index < -0.39 is 8.07 Å². The van der Waals surface area contributed by atoms with Crippen molar-refractivity contribution < 1.29 is 4.39 Å². The highest BCUT2D eigenvalue weighted by atomic mass is 28.3. The van der Waals surface area contributed by atoms with Crippen molar-refractivity contribution in [3.8, 4) is 0 Å². The molecule has 2 heteroatoms. The number of benzene rings is 3. The minimum absolute atomic E-state index is 0.118. The molecule has 1 heterocycles. The minimum Gasteiger partial charge on any atom is -0.207 e. The van der Waals surface area contributed by atoms with E-state index in [0.717, 1.165) is 23.0 Å². The molecule has 33 heavy (non-hydrogen) atoms. The van der Waals surface area contributed by atoms with Gasteiger partial charge in [0.1, 0.15) is 13.9 Å².